The molecule has 0 spiro atoms. The van der Waals surface area contributed by atoms with Crippen LogP contribution in [0.4, 0.5) is 0 Å². The van der Waals surface area contributed by atoms with Crippen molar-refractivity contribution in [2.75, 3.05) is 0 Å². The van der Waals surface area contributed by atoms with Gasteiger partial charge >= 0.3 is 0 Å². The van der Waals surface area contributed by atoms with Gasteiger partial charge in [-0.25, -0.2) is 5.84 Å². The van der Waals surface area contributed by atoms with Gasteiger partial charge in [0.2, 0.25) is 0 Å². The van der Waals surface area contributed by atoms with Crippen LogP contribution in [0.5, 0.6) is 0 Å². The Labute approximate surface area is 222 Å². The van der Waals surface area contributed by atoms with Crippen LogP contribution in [-0.2, 0) is 0 Å². The van der Waals surface area contributed by atoms with Gasteiger partial charge in [0.1, 0.15) is 5.84 Å². The SMILES string of the molecule is C=C(c1ccccc1)C12CCC(O)C1CC(CCCCCCCCC/C(=N/N)NN)=C2c1ccccc1. The Hall–Kier alpha value is -2.89. The molecule has 5 heteroatoms. The Kier molecular flexibility index (Phi) is 9.59. The van der Waals surface area contributed by atoms with Gasteiger partial charge in [-0.05, 0) is 60.8 Å². The summed E-state index contributed by atoms with van der Waals surface area (Å²) in [5.74, 6) is 11.6. The summed E-state index contributed by atoms with van der Waals surface area (Å²) < 4.78 is 0. The first kappa shape index (κ1) is 27.2. The molecule has 0 heterocycles. The topological polar surface area (TPSA) is 96.7 Å². The fourth-order valence-electron chi connectivity index (χ4n) is 6.80. The van der Waals surface area contributed by atoms with E-state index in [1.165, 1.54) is 66.4 Å². The van der Waals surface area contributed by atoms with Crippen LogP contribution in [0.3, 0.4) is 0 Å². The standard InChI is InChI=1S/C32H44N4O/c1-24(25-15-10-7-11-16-25)32-22-21-29(37)28(32)23-27(31(32)26-17-12-8-13-18-26)19-9-5-3-2-4-6-14-20-30(35-33)36-34/h7-8,10-13,15-18,28-29,37H,1-6,9,14,19-23,33-34H2,(H,35,36). The van der Waals surface area contributed by atoms with E-state index in [0.29, 0.717) is 5.84 Å². The molecule has 1 saturated carbocycles. The number of nitrogens with zero attached hydrogens (tertiary/aromatic N) is 1. The molecule has 0 saturated heterocycles. The molecular formula is C32H44N4O. The maximum Gasteiger partial charge on any atom is 0.135 e. The number of aliphatic hydroxyl groups is 1. The number of hydrogen-bond acceptors (Lipinski definition) is 4. The van der Waals surface area contributed by atoms with Crippen LogP contribution in [0.1, 0.15) is 88.2 Å². The van der Waals surface area contributed by atoms with E-state index in [0.717, 1.165) is 38.5 Å². The molecule has 2 aromatic carbocycles. The molecule has 198 valence electrons. The molecule has 2 aliphatic rings. The number of aliphatic hydroxyl groups excluding tert-OH is 1. The fraction of sp³-hybridized carbons (Fsp3) is 0.469. The number of fused-ring (bicyclic) bond motifs is 1. The summed E-state index contributed by atoms with van der Waals surface area (Å²) in [6.07, 6.45) is 12.9. The van der Waals surface area contributed by atoms with E-state index < -0.39 is 0 Å². The molecule has 4 rings (SSSR count). The van der Waals surface area contributed by atoms with Crippen LogP contribution in [0.2, 0.25) is 0 Å². The second kappa shape index (κ2) is 13.1. The van der Waals surface area contributed by atoms with E-state index in [2.05, 4.69) is 77.8 Å². The summed E-state index contributed by atoms with van der Waals surface area (Å²) in [4.78, 5) is 0. The number of hydrazone groups is 1. The predicted molar refractivity (Wildman–Crippen MR) is 155 cm³/mol. The van der Waals surface area contributed by atoms with Gasteiger partial charge in [0.25, 0.3) is 0 Å². The third-order valence-corrected chi connectivity index (χ3v) is 8.64. The summed E-state index contributed by atoms with van der Waals surface area (Å²) in [5, 5.41) is 14.8. The molecule has 3 atom stereocenters. The quantitative estimate of drug-likeness (QED) is 0.0823. The summed E-state index contributed by atoms with van der Waals surface area (Å²) in [6.45, 7) is 4.68. The minimum Gasteiger partial charge on any atom is -0.393 e. The first-order chi connectivity index (χ1) is 18.1. The van der Waals surface area contributed by atoms with Gasteiger partial charge in [0.15, 0.2) is 0 Å². The van der Waals surface area contributed by atoms with E-state index in [1.54, 1.807) is 0 Å². The van der Waals surface area contributed by atoms with Crippen LogP contribution in [0.25, 0.3) is 11.1 Å². The summed E-state index contributed by atoms with van der Waals surface area (Å²) >= 11 is 0. The van der Waals surface area contributed by atoms with Crippen LogP contribution in [0, 0.1) is 11.3 Å². The van der Waals surface area contributed by atoms with Crippen LogP contribution in [0.15, 0.2) is 77.9 Å². The minimum absolute atomic E-state index is 0.179. The lowest BCUT2D eigenvalue weighted by Crippen LogP contribution is -2.31. The fourth-order valence-corrected chi connectivity index (χ4v) is 6.80. The number of rotatable bonds is 13. The molecule has 5 nitrogen and oxygen atoms in total. The van der Waals surface area contributed by atoms with Crippen molar-refractivity contribution in [3.63, 3.8) is 0 Å². The zero-order valence-electron chi connectivity index (χ0n) is 22.2. The van der Waals surface area contributed by atoms with E-state index in [-0.39, 0.29) is 17.4 Å². The smallest absolute Gasteiger partial charge is 0.135 e. The summed E-state index contributed by atoms with van der Waals surface area (Å²) in [5.41, 5.74) is 9.04. The molecular weight excluding hydrogens is 456 g/mol. The van der Waals surface area contributed by atoms with E-state index in [4.69, 9.17) is 11.7 Å². The number of hydrazine groups is 1. The van der Waals surface area contributed by atoms with Crippen molar-refractivity contribution >= 4 is 17.0 Å². The molecule has 0 bridgehead atoms. The maximum absolute atomic E-state index is 11.1. The van der Waals surface area contributed by atoms with Crippen molar-refractivity contribution in [1.82, 2.24) is 5.43 Å². The third-order valence-electron chi connectivity index (χ3n) is 8.64. The molecule has 0 amide bonds. The molecule has 37 heavy (non-hydrogen) atoms. The zero-order chi connectivity index (χ0) is 26.1. The van der Waals surface area contributed by atoms with Crippen LogP contribution < -0.4 is 17.1 Å². The molecule has 0 radical (unpaired) electrons. The second-order valence-electron chi connectivity index (χ2n) is 10.8. The number of nitrogens with one attached hydrogen (secondary N) is 1. The molecule has 1 fully saturated rings. The predicted octanol–water partition coefficient (Wildman–Crippen LogP) is 6.56. The van der Waals surface area contributed by atoms with Crippen molar-refractivity contribution in [3.05, 3.63) is 83.9 Å². The van der Waals surface area contributed by atoms with Crippen molar-refractivity contribution in [3.8, 4) is 0 Å². The Morgan fingerprint density at radius 2 is 1.57 bits per heavy atom. The normalized spacial score (nSPS) is 23.4. The molecule has 0 aliphatic heterocycles. The Morgan fingerprint density at radius 1 is 0.946 bits per heavy atom. The Balaban J connectivity index is 1.43. The van der Waals surface area contributed by atoms with Crippen LogP contribution in [-0.4, -0.2) is 17.0 Å². The molecule has 6 N–H and O–H groups in total. The van der Waals surface area contributed by atoms with Gasteiger partial charge in [-0.3, -0.25) is 0 Å². The number of nitrogens with two attached hydrogens (primary N) is 2. The van der Waals surface area contributed by atoms with Gasteiger partial charge in [-0.1, -0.05) is 105 Å². The molecule has 3 unspecified atom stereocenters. The third kappa shape index (κ3) is 6.00. The molecule has 2 aliphatic carbocycles. The first-order valence-electron chi connectivity index (χ1n) is 14.1. The number of unbranched alkanes of at least 4 members (excludes halogenated alkanes) is 6. The highest BCUT2D eigenvalue weighted by molar-refractivity contribution is 5.90. The van der Waals surface area contributed by atoms with E-state index >= 15 is 0 Å². The zero-order valence-corrected chi connectivity index (χ0v) is 22.2. The Morgan fingerprint density at radius 3 is 2.22 bits per heavy atom. The number of hydrogen-bond donors (Lipinski definition) is 4. The van der Waals surface area contributed by atoms with Crippen molar-refractivity contribution in [2.24, 2.45) is 28.1 Å². The van der Waals surface area contributed by atoms with E-state index in [9.17, 15) is 5.11 Å². The first-order valence-corrected chi connectivity index (χ1v) is 14.1. The lowest BCUT2D eigenvalue weighted by molar-refractivity contribution is 0.120. The van der Waals surface area contributed by atoms with Gasteiger partial charge in [-0.2, -0.15) is 5.10 Å². The highest BCUT2D eigenvalue weighted by Crippen LogP contribution is 2.66. The van der Waals surface area contributed by atoms with Crippen LogP contribution >= 0.6 is 0 Å². The highest BCUT2D eigenvalue weighted by atomic mass is 16.3. The monoisotopic (exact) mass is 500 g/mol. The summed E-state index contributed by atoms with van der Waals surface area (Å²) in [6, 6.07) is 21.5. The van der Waals surface area contributed by atoms with Crippen molar-refractivity contribution in [2.45, 2.75) is 83.2 Å². The number of amidine groups is 1. The van der Waals surface area contributed by atoms with Gasteiger partial charge in [0.05, 0.1) is 6.10 Å². The molecule has 0 aromatic heterocycles. The maximum atomic E-state index is 11.1. The van der Waals surface area contributed by atoms with E-state index in [1.807, 2.05) is 0 Å². The van der Waals surface area contributed by atoms with Crippen molar-refractivity contribution < 1.29 is 5.11 Å². The van der Waals surface area contributed by atoms with Crippen molar-refractivity contribution in [1.29, 1.82) is 0 Å². The lowest BCUT2D eigenvalue weighted by Gasteiger charge is -2.37. The summed E-state index contributed by atoms with van der Waals surface area (Å²) in [7, 11) is 0. The second-order valence-corrected chi connectivity index (χ2v) is 10.8. The van der Waals surface area contributed by atoms with Gasteiger partial charge in [-0.15, -0.1) is 0 Å². The Bertz CT molecular complexity index is 1080. The van der Waals surface area contributed by atoms with Gasteiger partial charge in [0, 0.05) is 17.8 Å². The lowest BCUT2D eigenvalue weighted by atomic mass is 9.66. The minimum atomic E-state index is -0.268. The average Bonchev–Trinajstić information content (AvgIpc) is 3.44. The number of allylic oxidation sites excluding steroid dienone is 3. The average molecular weight is 501 g/mol. The van der Waals surface area contributed by atoms with Gasteiger partial charge < -0.3 is 16.4 Å². The highest BCUT2D eigenvalue weighted by Gasteiger charge is 2.56. The largest absolute Gasteiger partial charge is 0.393 e. The number of benzene rings is 2. The molecule has 2 aromatic rings.